The van der Waals surface area contributed by atoms with E-state index in [4.69, 9.17) is 4.43 Å². The van der Waals surface area contributed by atoms with Crippen LogP contribution in [0.25, 0.3) is 0 Å². The third-order valence-electron chi connectivity index (χ3n) is 3.64. The zero-order valence-corrected chi connectivity index (χ0v) is 14.7. The highest BCUT2D eigenvalue weighted by Crippen LogP contribution is 2.37. The number of hydrogen-bond acceptors (Lipinski definition) is 2. The predicted molar refractivity (Wildman–Crippen MR) is 83.7 cm³/mol. The van der Waals surface area contributed by atoms with E-state index in [1.54, 1.807) is 0 Å². The van der Waals surface area contributed by atoms with E-state index in [-0.39, 0.29) is 5.04 Å². The minimum atomic E-state index is -1.66. The third-order valence-corrected chi connectivity index (χ3v) is 8.52. The van der Waals surface area contributed by atoms with Gasteiger partial charge in [-0.1, -0.05) is 42.8 Å². The third kappa shape index (κ3) is 4.48. The molecule has 1 aromatic rings. The summed E-state index contributed by atoms with van der Waals surface area (Å²) in [5.74, 6) is 0. The van der Waals surface area contributed by atoms with Crippen molar-refractivity contribution in [2.24, 2.45) is 0 Å². The van der Waals surface area contributed by atoms with Crippen molar-refractivity contribution in [3.8, 4) is 0 Å². The van der Waals surface area contributed by atoms with Crippen molar-refractivity contribution < 1.29 is 4.43 Å². The van der Waals surface area contributed by atoms with E-state index in [9.17, 15) is 0 Å². The van der Waals surface area contributed by atoms with Gasteiger partial charge < -0.3 is 4.43 Å². The smallest absolute Gasteiger partial charge is 0.192 e. The van der Waals surface area contributed by atoms with Crippen molar-refractivity contribution in [3.63, 3.8) is 0 Å². The Morgan fingerprint density at radius 3 is 2.39 bits per heavy atom. The molecule has 0 bridgehead atoms. The Hall–Kier alpha value is -0.193. The van der Waals surface area contributed by atoms with Gasteiger partial charge in [-0.25, -0.2) is 0 Å². The van der Waals surface area contributed by atoms with Gasteiger partial charge in [-0.2, -0.15) is 0 Å². The molecule has 0 unspecified atom stereocenters. The van der Waals surface area contributed by atoms with Crippen LogP contribution in [0.1, 0.15) is 31.9 Å². The van der Waals surface area contributed by atoms with E-state index >= 15 is 0 Å². The van der Waals surface area contributed by atoms with Gasteiger partial charge in [-0.3, -0.25) is 4.98 Å². The van der Waals surface area contributed by atoms with Gasteiger partial charge in [0.15, 0.2) is 8.32 Å². The number of nitrogens with zero attached hydrogens (tertiary/aromatic N) is 1. The number of pyridine rings is 1. The lowest BCUT2D eigenvalue weighted by atomic mass is 10.2. The molecule has 4 heteroatoms. The van der Waals surface area contributed by atoms with Crippen LogP contribution < -0.4 is 0 Å². The van der Waals surface area contributed by atoms with Crippen molar-refractivity contribution in [2.75, 3.05) is 5.33 Å². The first-order chi connectivity index (χ1) is 8.26. The molecule has 0 saturated heterocycles. The van der Waals surface area contributed by atoms with Crippen molar-refractivity contribution in [1.29, 1.82) is 0 Å². The van der Waals surface area contributed by atoms with Crippen molar-refractivity contribution in [1.82, 2.24) is 4.98 Å². The second-order valence-corrected chi connectivity index (χ2v) is 11.8. The minimum Gasteiger partial charge on any atom is -0.413 e. The van der Waals surface area contributed by atoms with Gasteiger partial charge in [0.25, 0.3) is 0 Å². The van der Waals surface area contributed by atoms with Crippen molar-refractivity contribution >= 4 is 24.2 Å². The summed E-state index contributed by atoms with van der Waals surface area (Å²) in [5.41, 5.74) is 2.45. The summed E-state index contributed by atoms with van der Waals surface area (Å²) in [7, 11) is -1.66. The zero-order valence-electron chi connectivity index (χ0n) is 12.1. The summed E-state index contributed by atoms with van der Waals surface area (Å²) in [6, 6.07) is 2.20. The Balaban J connectivity index is 2.66. The van der Waals surface area contributed by atoms with Crippen LogP contribution in [-0.2, 0) is 17.5 Å². The first kappa shape index (κ1) is 15.9. The topological polar surface area (TPSA) is 22.1 Å². The summed E-state index contributed by atoms with van der Waals surface area (Å²) in [6.07, 6.45) is 4.85. The second kappa shape index (κ2) is 6.31. The first-order valence-corrected chi connectivity index (χ1v) is 10.4. The van der Waals surface area contributed by atoms with Gasteiger partial charge in [0.1, 0.15) is 0 Å². The van der Waals surface area contributed by atoms with Crippen LogP contribution >= 0.6 is 15.9 Å². The van der Waals surface area contributed by atoms with Gasteiger partial charge in [0.2, 0.25) is 0 Å². The summed E-state index contributed by atoms with van der Waals surface area (Å²) in [4.78, 5) is 4.28. The minimum absolute atomic E-state index is 0.258. The van der Waals surface area contributed by atoms with Crippen LogP contribution in [0, 0.1) is 0 Å². The van der Waals surface area contributed by atoms with Crippen LogP contribution in [-0.4, -0.2) is 18.6 Å². The molecular weight excluding hydrogens is 306 g/mol. The Morgan fingerprint density at radius 2 is 1.83 bits per heavy atom. The first-order valence-electron chi connectivity index (χ1n) is 6.39. The predicted octanol–water partition coefficient (Wildman–Crippen LogP) is 4.54. The van der Waals surface area contributed by atoms with E-state index < -0.39 is 8.32 Å². The van der Waals surface area contributed by atoms with Gasteiger partial charge in [0.05, 0.1) is 6.61 Å². The molecule has 102 valence electrons. The number of aryl methyl sites for hydroxylation is 1. The normalized spacial score (nSPS) is 12.8. The van der Waals surface area contributed by atoms with Crippen LogP contribution in [0.2, 0.25) is 18.1 Å². The molecule has 0 aliphatic heterocycles. The molecule has 2 nitrogen and oxygen atoms in total. The summed E-state index contributed by atoms with van der Waals surface area (Å²) in [6.45, 7) is 12.0. The Bertz CT molecular complexity index is 388. The summed E-state index contributed by atoms with van der Waals surface area (Å²) < 4.78 is 6.20. The fraction of sp³-hybridized carbons (Fsp3) is 0.643. The lowest BCUT2D eigenvalue weighted by Gasteiger charge is -2.36. The Labute approximate surface area is 120 Å². The maximum absolute atomic E-state index is 6.20. The quantitative estimate of drug-likeness (QED) is 0.584. The van der Waals surface area contributed by atoms with Gasteiger partial charge in [-0.05, 0) is 35.7 Å². The molecule has 0 aromatic carbocycles. The summed E-state index contributed by atoms with van der Waals surface area (Å²) >= 11 is 3.46. The number of alkyl halides is 1. The molecule has 0 spiro atoms. The average Bonchev–Trinajstić information content (AvgIpc) is 2.26. The second-order valence-electron chi connectivity index (χ2n) is 6.19. The maximum Gasteiger partial charge on any atom is 0.192 e. The summed E-state index contributed by atoms with van der Waals surface area (Å²) in [5, 5.41) is 1.23. The lowest BCUT2D eigenvalue weighted by Crippen LogP contribution is -2.40. The van der Waals surface area contributed by atoms with Gasteiger partial charge in [0, 0.05) is 17.7 Å². The zero-order chi connectivity index (χ0) is 13.8. The molecule has 18 heavy (non-hydrogen) atoms. The van der Waals surface area contributed by atoms with Crippen LogP contribution in [0.3, 0.4) is 0 Å². The number of aromatic nitrogens is 1. The maximum atomic E-state index is 6.20. The monoisotopic (exact) mass is 329 g/mol. The van der Waals surface area contributed by atoms with Crippen LogP contribution in [0.15, 0.2) is 18.5 Å². The molecule has 0 saturated carbocycles. The fourth-order valence-corrected chi connectivity index (χ4v) is 2.76. The fourth-order valence-electron chi connectivity index (χ4n) is 1.35. The Kier molecular flexibility index (Phi) is 5.56. The molecule has 0 aliphatic rings. The molecule has 0 amide bonds. The van der Waals surface area contributed by atoms with Gasteiger partial charge in [-0.15, -0.1) is 0 Å². The molecule has 1 heterocycles. The molecular formula is C14H24BrNOSi. The van der Waals surface area contributed by atoms with Crippen LogP contribution in [0.4, 0.5) is 0 Å². The number of rotatable bonds is 5. The van der Waals surface area contributed by atoms with Crippen LogP contribution in [0.5, 0.6) is 0 Å². The molecule has 0 N–H and O–H groups in total. The highest BCUT2D eigenvalue weighted by Gasteiger charge is 2.36. The van der Waals surface area contributed by atoms with E-state index in [1.807, 2.05) is 12.4 Å². The largest absolute Gasteiger partial charge is 0.413 e. The van der Waals surface area contributed by atoms with E-state index in [1.165, 1.54) is 11.1 Å². The van der Waals surface area contributed by atoms with Gasteiger partial charge >= 0.3 is 0 Å². The number of halogens is 1. The molecule has 0 radical (unpaired) electrons. The molecule has 0 aliphatic carbocycles. The molecule has 1 aromatic heterocycles. The standard InChI is InChI=1S/C14H24BrNOSi/c1-14(2,3)18(4,5)17-11-13-8-12(6-7-15)9-16-10-13/h8-10H,6-7,11H2,1-5H3. The molecule has 0 fully saturated rings. The highest BCUT2D eigenvalue weighted by atomic mass is 79.9. The lowest BCUT2D eigenvalue weighted by molar-refractivity contribution is 0.276. The highest BCUT2D eigenvalue weighted by molar-refractivity contribution is 9.09. The van der Waals surface area contributed by atoms with E-state index in [2.05, 4.69) is 60.8 Å². The SMILES string of the molecule is CC(C)(C)[Si](C)(C)OCc1cncc(CCBr)c1. The Morgan fingerprint density at radius 1 is 1.22 bits per heavy atom. The molecule has 1 rings (SSSR count). The van der Waals surface area contributed by atoms with E-state index in [0.29, 0.717) is 6.61 Å². The van der Waals surface area contributed by atoms with Crippen molar-refractivity contribution in [2.45, 2.75) is 51.9 Å². The molecule has 0 atom stereocenters. The van der Waals surface area contributed by atoms with E-state index in [0.717, 1.165) is 11.8 Å². The average molecular weight is 330 g/mol. The van der Waals surface area contributed by atoms with Crippen molar-refractivity contribution in [3.05, 3.63) is 29.6 Å². The number of hydrogen-bond donors (Lipinski definition) is 0.